The molecule has 5 heteroatoms. The van der Waals surface area contributed by atoms with Crippen LogP contribution >= 0.6 is 0 Å². The Kier molecular flexibility index (Phi) is 5.27. The minimum atomic E-state index is 0.0390. The third-order valence-corrected chi connectivity index (χ3v) is 10.1. The molecular formula is C31H40BN3O. The summed E-state index contributed by atoms with van der Waals surface area (Å²) in [6.45, 7) is 14.3. The average molecular weight is 481 g/mol. The largest absolute Gasteiger partial charge is 0.331 e. The minimum Gasteiger partial charge on any atom is -0.331 e. The predicted molar refractivity (Wildman–Crippen MR) is 150 cm³/mol. The summed E-state index contributed by atoms with van der Waals surface area (Å²) in [5, 5.41) is 0. The number of rotatable bonds is 2. The molecule has 188 valence electrons. The van der Waals surface area contributed by atoms with Crippen LogP contribution in [0.3, 0.4) is 0 Å². The molecule has 2 atom stereocenters. The number of aromatic nitrogens is 2. The van der Waals surface area contributed by atoms with Gasteiger partial charge >= 0.3 is 0 Å². The minimum absolute atomic E-state index is 0.0390. The number of amides is 1. The lowest BCUT2D eigenvalue weighted by Crippen LogP contribution is -2.30. The topological polar surface area (TPSA) is 38.1 Å². The molecule has 0 N–H and O–H groups in total. The van der Waals surface area contributed by atoms with E-state index >= 15 is 0 Å². The van der Waals surface area contributed by atoms with Crippen molar-refractivity contribution in [3.8, 4) is 0 Å². The van der Waals surface area contributed by atoms with Crippen molar-refractivity contribution >= 4 is 29.1 Å². The van der Waals surface area contributed by atoms with Crippen LogP contribution < -0.4 is 5.46 Å². The zero-order valence-corrected chi connectivity index (χ0v) is 23.1. The van der Waals surface area contributed by atoms with E-state index in [-0.39, 0.29) is 18.0 Å². The number of nitrogens with zero attached hydrogens (tertiary/aromatic N) is 3. The van der Waals surface area contributed by atoms with E-state index in [4.69, 9.17) is 4.98 Å². The van der Waals surface area contributed by atoms with Gasteiger partial charge in [-0.05, 0) is 58.9 Å². The van der Waals surface area contributed by atoms with E-state index < -0.39 is 0 Å². The Morgan fingerprint density at radius 3 is 2.33 bits per heavy atom. The fourth-order valence-corrected chi connectivity index (χ4v) is 7.26. The lowest BCUT2D eigenvalue weighted by molar-refractivity contribution is 0.0734. The van der Waals surface area contributed by atoms with E-state index in [1.165, 1.54) is 47.6 Å². The van der Waals surface area contributed by atoms with Crippen molar-refractivity contribution in [2.45, 2.75) is 91.4 Å². The molecule has 3 aliphatic heterocycles. The third-order valence-electron chi connectivity index (χ3n) is 10.1. The van der Waals surface area contributed by atoms with Crippen LogP contribution in [0.15, 0.2) is 36.4 Å². The first-order chi connectivity index (χ1) is 17.2. The van der Waals surface area contributed by atoms with Crippen LogP contribution in [0, 0.1) is 10.8 Å². The van der Waals surface area contributed by atoms with E-state index in [1.807, 2.05) is 31.9 Å². The molecule has 1 saturated heterocycles. The molecular weight excluding hydrogens is 441 g/mol. The first-order valence-electron chi connectivity index (χ1n) is 14.1. The Hall–Kier alpha value is -2.56. The molecule has 1 saturated carbocycles. The average Bonchev–Trinajstić information content (AvgIpc) is 3.50. The quantitative estimate of drug-likeness (QED) is 0.377. The Labute approximate surface area is 216 Å². The summed E-state index contributed by atoms with van der Waals surface area (Å²) >= 11 is 0. The normalized spacial score (nSPS) is 25.4. The Balaban J connectivity index is 0.00000117. The number of hydrogen-bond acceptors (Lipinski definition) is 2. The third kappa shape index (κ3) is 3.27. The molecule has 3 aromatic rings. The van der Waals surface area contributed by atoms with Crippen LogP contribution in [0.1, 0.15) is 106 Å². The Morgan fingerprint density at radius 1 is 0.972 bits per heavy atom. The van der Waals surface area contributed by atoms with Crippen LogP contribution in [0.4, 0.5) is 0 Å². The number of fused-ring (bicyclic) bond motifs is 9. The van der Waals surface area contributed by atoms with E-state index in [1.54, 1.807) is 0 Å². The maximum Gasteiger partial charge on any atom is 0.254 e. The van der Waals surface area contributed by atoms with Gasteiger partial charge in [0, 0.05) is 19.0 Å². The Morgan fingerprint density at radius 2 is 1.67 bits per heavy atom. The van der Waals surface area contributed by atoms with E-state index in [0.717, 1.165) is 23.3 Å². The van der Waals surface area contributed by atoms with Crippen molar-refractivity contribution in [2.24, 2.45) is 10.8 Å². The van der Waals surface area contributed by atoms with Crippen molar-refractivity contribution in [1.82, 2.24) is 14.5 Å². The van der Waals surface area contributed by atoms with Gasteiger partial charge in [-0.1, -0.05) is 77.8 Å². The summed E-state index contributed by atoms with van der Waals surface area (Å²) in [5.74, 6) is 1.83. The fourth-order valence-electron chi connectivity index (χ4n) is 7.26. The monoisotopic (exact) mass is 481 g/mol. The number of carbonyl (C=O) groups excluding carboxylic acids is 1. The fraction of sp³-hybridized carbons (Fsp3) is 0.548. The van der Waals surface area contributed by atoms with Gasteiger partial charge in [0.05, 0.1) is 23.1 Å². The standard InChI is InChI=1S/C29H34BN3O.C2H6/c1-28(2)15-30(16-29(28,3)4)18-11-12-21-22(13-18)33-23-14-24(26(33)31-21)32(5)27(34)20-8-6-7-19(25(20)23)17-9-10-17;1-2/h6-8,11-13,17,23-24H,9-10,14-16H2,1-5H3;1-2H3. The molecule has 1 aliphatic carbocycles. The Bertz CT molecular complexity index is 1350. The van der Waals surface area contributed by atoms with Crippen LogP contribution in [-0.4, -0.2) is 34.1 Å². The zero-order chi connectivity index (χ0) is 25.6. The molecule has 4 heterocycles. The first-order valence-corrected chi connectivity index (χ1v) is 14.1. The van der Waals surface area contributed by atoms with E-state index in [2.05, 4.69) is 62.6 Å². The highest BCUT2D eigenvalue weighted by molar-refractivity contribution is 6.74. The number of hydrogen-bond donors (Lipinski definition) is 0. The van der Waals surface area contributed by atoms with Crippen LogP contribution in [0.25, 0.3) is 11.0 Å². The molecule has 2 fully saturated rings. The second-order valence-corrected chi connectivity index (χ2v) is 12.7. The maximum absolute atomic E-state index is 13.5. The van der Waals surface area contributed by atoms with Gasteiger partial charge in [-0.2, -0.15) is 0 Å². The van der Waals surface area contributed by atoms with Crippen LogP contribution in [0.2, 0.25) is 12.6 Å². The molecule has 1 amide bonds. The van der Waals surface area contributed by atoms with Gasteiger partial charge in [-0.15, -0.1) is 0 Å². The number of benzene rings is 2. The second kappa shape index (κ2) is 7.97. The predicted octanol–water partition coefficient (Wildman–Crippen LogP) is 6.83. The van der Waals surface area contributed by atoms with Crippen molar-refractivity contribution in [1.29, 1.82) is 0 Å². The summed E-state index contributed by atoms with van der Waals surface area (Å²) in [6.07, 6.45) is 5.87. The highest BCUT2D eigenvalue weighted by atomic mass is 16.2. The molecule has 1 aromatic heterocycles. The SMILES string of the molecule is CC.CN1C(=O)c2cccc(C3CC3)c2C2CC1c1nc3ccc(B4CC(C)(C)C(C)(C)C4)cc3n12. The van der Waals surface area contributed by atoms with Gasteiger partial charge in [-0.25, -0.2) is 4.98 Å². The van der Waals surface area contributed by atoms with Crippen LogP contribution in [0.5, 0.6) is 0 Å². The van der Waals surface area contributed by atoms with Gasteiger partial charge in [0.15, 0.2) is 6.71 Å². The van der Waals surface area contributed by atoms with Gasteiger partial charge in [0.25, 0.3) is 5.91 Å². The molecule has 4 aliphatic rings. The van der Waals surface area contributed by atoms with Gasteiger partial charge in [-0.3, -0.25) is 4.79 Å². The van der Waals surface area contributed by atoms with Crippen molar-refractivity contribution < 1.29 is 4.79 Å². The van der Waals surface area contributed by atoms with Crippen molar-refractivity contribution in [2.75, 3.05) is 7.05 Å². The van der Waals surface area contributed by atoms with Crippen molar-refractivity contribution in [3.05, 3.63) is 58.9 Å². The molecule has 7 rings (SSSR count). The summed E-state index contributed by atoms with van der Waals surface area (Å²) in [6, 6.07) is 13.6. The molecule has 2 unspecified atom stereocenters. The summed E-state index contributed by atoms with van der Waals surface area (Å²) in [5.41, 5.74) is 8.02. The summed E-state index contributed by atoms with van der Waals surface area (Å²) in [4.78, 5) is 20.6. The summed E-state index contributed by atoms with van der Waals surface area (Å²) < 4.78 is 2.50. The lowest BCUT2D eigenvalue weighted by atomic mass is 9.42. The number of imidazole rings is 1. The first kappa shape index (κ1) is 23.8. The molecule has 0 spiro atoms. The van der Waals surface area contributed by atoms with E-state index in [0.29, 0.717) is 23.5 Å². The van der Waals surface area contributed by atoms with Gasteiger partial charge in [0.2, 0.25) is 0 Å². The molecule has 36 heavy (non-hydrogen) atoms. The van der Waals surface area contributed by atoms with Gasteiger partial charge in [0.1, 0.15) is 5.82 Å². The van der Waals surface area contributed by atoms with Crippen LogP contribution in [-0.2, 0) is 0 Å². The highest BCUT2D eigenvalue weighted by Gasteiger charge is 2.49. The van der Waals surface area contributed by atoms with E-state index in [9.17, 15) is 4.79 Å². The lowest BCUT2D eigenvalue weighted by Gasteiger charge is -2.35. The highest BCUT2D eigenvalue weighted by Crippen LogP contribution is 2.54. The summed E-state index contributed by atoms with van der Waals surface area (Å²) in [7, 11) is 1.96. The second-order valence-electron chi connectivity index (χ2n) is 12.7. The number of carbonyl (C=O) groups is 1. The molecule has 2 aromatic carbocycles. The molecule has 2 bridgehead atoms. The van der Waals surface area contributed by atoms with Gasteiger partial charge < -0.3 is 9.47 Å². The molecule has 0 radical (unpaired) electrons. The smallest absolute Gasteiger partial charge is 0.254 e. The molecule has 4 nitrogen and oxygen atoms in total. The zero-order valence-electron chi connectivity index (χ0n) is 23.1. The van der Waals surface area contributed by atoms with Crippen molar-refractivity contribution in [3.63, 3.8) is 0 Å². The maximum atomic E-state index is 13.5.